The summed E-state index contributed by atoms with van der Waals surface area (Å²) < 4.78 is 7.82. The maximum absolute atomic E-state index is 13.0. The molecule has 0 aliphatic carbocycles. The fourth-order valence-electron chi connectivity index (χ4n) is 4.97. The third kappa shape index (κ3) is 8.07. The largest absolute Gasteiger partial charge is 0.494 e. The van der Waals surface area contributed by atoms with Crippen LogP contribution in [0.25, 0.3) is 10.8 Å². The number of rotatable bonds is 11. The summed E-state index contributed by atoms with van der Waals surface area (Å²) in [5.74, 6) is 0.804. The normalized spacial score (nSPS) is 12.7. The molecule has 0 bridgehead atoms. The molecule has 40 heavy (non-hydrogen) atoms. The summed E-state index contributed by atoms with van der Waals surface area (Å²) in [5, 5.41) is 1.71. The van der Waals surface area contributed by atoms with Crippen molar-refractivity contribution in [2.24, 2.45) is 0 Å². The molecule has 2 aromatic carbocycles. The maximum Gasteiger partial charge on any atom is 0.258 e. The number of nitrogens with zero attached hydrogens (tertiary/aromatic N) is 4. The highest BCUT2D eigenvalue weighted by Gasteiger charge is 2.19. The number of benzene rings is 2. The van der Waals surface area contributed by atoms with Gasteiger partial charge < -0.3 is 14.2 Å². The van der Waals surface area contributed by atoms with Crippen LogP contribution >= 0.6 is 24.8 Å². The fourth-order valence-corrected chi connectivity index (χ4v) is 4.97. The SMILES string of the molecule is Cl.Cl.O=C(c1cccc(OCCCN(CCn2ccc3ccccc3c2=O)Cc2ccncc2)c1)N1CCCC1. The van der Waals surface area contributed by atoms with Crippen LogP contribution in [0.3, 0.4) is 0 Å². The summed E-state index contributed by atoms with van der Waals surface area (Å²) in [5.41, 5.74) is 1.91. The molecule has 0 spiro atoms. The van der Waals surface area contributed by atoms with Crippen molar-refractivity contribution >= 4 is 41.5 Å². The van der Waals surface area contributed by atoms with Gasteiger partial charge >= 0.3 is 0 Å². The fraction of sp³-hybridized carbons (Fsp3) is 0.323. The van der Waals surface area contributed by atoms with E-state index in [2.05, 4.69) is 9.88 Å². The predicted octanol–water partition coefficient (Wildman–Crippen LogP) is 5.45. The zero-order valence-electron chi connectivity index (χ0n) is 22.5. The van der Waals surface area contributed by atoms with E-state index in [1.165, 1.54) is 5.56 Å². The summed E-state index contributed by atoms with van der Waals surface area (Å²) in [6.45, 7) is 5.15. The summed E-state index contributed by atoms with van der Waals surface area (Å²) >= 11 is 0. The van der Waals surface area contributed by atoms with Gasteiger partial charge in [0.1, 0.15) is 5.75 Å². The number of hydrogen-bond acceptors (Lipinski definition) is 5. The Balaban J connectivity index is 0.00000220. The van der Waals surface area contributed by atoms with Crippen molar-refractivity contribution in [3.63, 3.8) is 0 Å². The lowest BCUT2D eigenvalue weighted by Crippen LogP contribution is -2.32. The molecular formula is C31H36Cl2N4O3. The van der Waals surface area contributed by atoms with Gasteiger partial charge in [-0.2, -0.15) is 0 Å². The molecule has 3 heterocycles. The van der Waals surface area contributed by atoms with Gasteiger partial charge in [-0.05, 0) is 72.7 Å². The summed E-state index contributed by atoms with van der Waals surface area (Å²) in [6, 6.07) is 21.2. The lowest BCUT2D eigenvalue weighted by Gasteiger charge is -2.23. The van der Waals surface area contributed by atoms with E-state index in [-0.39, 0.29) is 36.3 Å². The third-order valence-electron chi connectivity index (χ3n) is 7.06. The van der Waals surface area contributed by atoms with Crippen LogP contribution < -0.4 is 10.3 Å². The lowest BCUT2D eigenvalue weighted by molar-refractivity contribution is 0.0792. The second-order valence-corrected chi connectivity index (χ2v) is 9.76. The molecule has 1 saturated heterocycles. The van der Waals surface area contributed by atoms with Gasteiger partial charge in [0.25, 0.3) is 11.5 Å². The van der Waals surface area contributed by atoms with Gasteiger partial charge in [-0.1, -0.05) is 24.3 Å². The van der Waals surface area contributed by atoms with E-state index in [1.807, 2.05) is 77.8 Å². The van der Waals surface area contributed by atoms with Gasteiger partial charge in [0.2, 0.25) is 0 Å². The number of pyridine rings is 2. The number of amides is 1. The number of hydrogen-bond donors (Lipinski definition) is 0. The maximum atomic E-state index is 13.0. The second-order valence-electron chi connectivity index (χ2n) is 9.76. The molecule has 5 rings (SSSR count). The first kappa shape index (κ1) is 31.1. The standard InChI is InChI=1S/C31H34N4O3.2ClH/c36-30(34-17-3-4-18-34)27-8-5-9-28(23-27)38-22-6-16-33(24-25-11-14-32-15-12-25)20-21-35-19-13-26-7-1-2-10-29(26)31(35)37;;/h1-2,5,7-15,19,23H,3-4,6,16-18,20-22,24H2;2*1H. The molecule has 1 fully saturated rings. The quantitative estimate of drug-likeness (QED) is 0.220. The topological polar surface area (TPSA) is 67.7 Å². The average molecular weight is 584 g/mol. The Labute approximate surface area is 247 Å². The van der Waals surface area contributed by atoms with E-state index < -0.39 is 0 Å². The molecule has 9 heteroatoms. The molecular weight excluding hydrogens is 547 g/mol. The first-order valence-corrected chi connectivity index (χ1v) is 13.4. The Kier molecular flexibility index (Phi) is 12.0. The van der Waals surface area contributed by atoms with Crippen molar-refractivity contribution in [3.8, 4) is 5.75 Å². The molecule has 4 aromatic rings. The molecule has 1 amide bonds. The molecule has 0 saturated carbocycles. The van der Waals surface area contributed by atoms with E-state index in [9.17, 15) is 9.59 Å². The molecule has 0 atom stereocenters. The lowest BCUT2D eigenvalue weighted by atomic mass is 10.2. The van der Waals surface area contributed by atoms with E-state index in [4.69, 9.17) is 4.74 Å². The van der Waals surface area contributed by atoms with E-state index in [1.54, 1.807) is 17.0 Å². The minimum absolute atomic E-state index is 0. The molecule has 0 unspecified atom stereocenters. The summed E-state index contributed by atoms with van der Waals surface area (Å²) in [7, 11) is 0. The number of aromatic nitrogens is 2. The van der Waals surface area contributed by atoms with Crippen molar-refractivity contribution in [2.75, 3.05) is 32.8 Å². The molecule has 0 radical (unpaired) electrons. The van der Waals surface area contributed by atoms with Crippen LogP contribution in [-0.4, -0.2) is 58.0 Å². The molecule has 2 aromatic heterocycles. The van der Waals surface area contributed by atoms with Crippen molar-refractivity contribution in [1.29, 1.82) is 0 Å². The highest BCUT2D eigenvalue weighted by molar-refractivity contribution is 5.94. The van der Waals surface area contributed by atoms with Crippen LogP contribution in [0, 0.1) is 0 Å². The zero-order valence-corrected chi connectivity index (χ0v) is 24.1. The Hall–Kier alpha value is -3.39. The molecule has 1 aliphatic rings. The van der Waals surface area contributed by atoms with Crippen LogP contribution in [0.2, 0.25) is 0 Å². The van der Waals surface area contributed by atoms with Crippen LogP contribution in [0.15, 0.2) is 90.1 Å². The van der Waals surface area contributed by atoms with Gasteiger partial charge in [0.05, 0.1) is 6.61 Å². The third-order valence-corrected chi connectivity index (χ3v) is 7.06. The van der Waals surface area contributed by atoms with Crippen molar-refractivity contribution < 1.29 is 9.53 Å². The molecule has 7 nitrogen and oxygen atoms in total. The van der Waals surface area contributed by atoms with E-state index >= 15 is 0 Å². The van der Waals surface area contributed by atoms with Gasteiger partial charge in [-0.15, -0.1) is 24.8 Å². The van der Waals surface area contributed by atoms with Crippen molar-refractivity contribution in [1.82, 2.24) is 19.4 Å². The van der Waals surface area contributed by atoms with E-state index in [0.29, 0.717) is 18.7 Å². The van der Waals surface area contributed by atoms with Crippen molar-refractivity contribution in [2.45, 2.75) is 32.4 Å². The monoisotopic (exact) mass is 582 g/mol. The zero-order chi connectivity index (χ0) is 26.2. The van der Waals surface area contributed by atoms with Crippen LogP contribution in [0.1, 0.15) is 35.2 Å². The smallest absolute Gasteiger partial charge is 0.258 e. The highest BCUT2D eigenvalue weighted by Crippen LogP contribution is 2.18. The Morgan fingerprint density at radius 1 is 0.925 bits per heavy atom. The van der Waals surface area contributed by atoms with Crippen LogP contribution in [0.4, 0.5) is 0 Å². The number of carbonyl (C=O) groups is 1. The number of ether oxygens (including phenoxy) is 1. The van der Waals surface area contributed by atoms with Crippen LogP contribution in [0.5, 0.6) is 5.75 Å². The Bertz CT molecular complexity index is 1430. The molecule has 1 aliphatic heterocycles. The van der Waals surface area contributed by atoms with Crippen LogP contribution in [-0.2, 0) is 13.1 Å². The number of fused-ring (bicyclic) bond motifs is 1. The second kappa shape index (κ2) is 15.4. The number of carbonyl (C=O) groups excluding carboxylic acids is 1. The van der Waals surface area contributed by atoms with Gasteiger partial charge in [0.15, 0.2) is 0 Å². The Morgan fingerprint density at radius 2 is 1.70 bits per heavy atom. The number of halogens is 2. The van der Waals surface area contributed by atoms with E-state index in [0.717, 1.165) is 68.5 Å². The molecule has 212 valence electrons. The summed E-state index contributed by atoms with van der Waals surface area (Å²) in [6.07, 6.45) is 8.47. The minimum atomic E-state index is 0. The molecule has 0 N–H and O–H groups in total. The predicted molar refractivity (Wildman–Crippen MR) is 164 cm³/mol. The first-order chi connectivity index (χ1) is 18.7. The van der Waals surface area contributed by atoms with Gasteiger partial charge in [0, 0.05) is 68.8 Å². The average Bonchev–Trinajstić information content (AvgIpc) is 3.50. The Morgan fingerprint density at radius 3 is 2.50 bits per heavy atom. The summed E-state index contributed by atoms with van der Waals surface area (Å²) in [4.78, 5) is 34.1. The number of likely N-dealkylation sites (tertiary alicyclic amines) is 1. The van der Waals surface area contributed by atoms with Gasteiger partial charge in [-0.3, -0.25) is 19.5 Å². The van der Waals surface area contributed by atoms with Crippen molar-refractivity contribution in [3.05, 3.63) is 107 Å². The first-order valence-electron chi connectivity index (χ1n) is 13.4. The minimum Gasteiger partial charge on any atom is -0.494 e. The highest BCUT2D eigenvalue weighted by atomic mass is 35.5. The van der Waals surface area contributed by atoms with Gasteiger partial charge in [-0.25, -0.2) is 0 Å².